The lowest BCUT2D eigenvalue weighted by Crippen LogP contribution is -2.46. The summed E-state index contributed by atoms with van der Waals surface area (Å²) >= 11 is 0. The summed E-state index contributed by atoms with van der Waals surface area (Å²) < 4.78 is 20.1. The van der Waals surface area contributed by atoms with Crippen molar-refractivity contribution >= 4 is 5.96 Å². The molecule has 1 aliphatic heterocycles. The average molecular weight is 379 g/mol. The summed E-state index contributed by atoms with van der Waals surface area (Å²) in [4.78, 5) is 4.26. The number of benzene rings is 2. The second-order valence-electron chi connectivity index (χ2n) is 6.67. The maximum Gasteiger partial charge on any atom is 0.193 e. The number of halogens is 1. The molecule has 7 heteroatoms. The third kappa shape index (κ3) is 4.04. The topological polar surface area (TPSA) is 74.5 Å². The lowest BCUT2D eigenvalue weighted by Gasteiger charge is -2.15. The summed E-state index contributed by atoms with van der Waals surface area (Å²) in [5.41, 5.74) is 3.08. The van der Waals surface area contributed by atoms with E-state index in [1.807, 2.05) is 55.5 Å². The molecule has 0 spiro atoms. The van der Waals surface area contributed by atoms with Crippen LogP contribution >= 0.6 is 0 Å². The summed E-state index contributed by atoms with van der Waals surface area (Å²) in [6.45, 7) is 3.73. The molecule has 28 heavy (non-hydrogen) atoms. The minimum absolute atomic E-state index is 0.0776. The molecule has 2 aromatic carbocycles. The van der Waals surface area contributed by atoms with Crippen molar-refractivity contribution in [3.8, 4) is 11.1 Å². The van der Waals surface area contributed by atoms with Crippen LogP contribution in [0, 0.1) is 5.82 Å². The Morgan fingerprint density at radius 2 is 2.04 bits per heavy atom. The number of aromatic nitrogens is 1. The van der Waals surface area contributed by atoms with Crippen molar-refractivity contribution < 1.29 is 8.91 Å². The van der Waals surface area contributed by atoms with Crippen LogP contribution in [-0.2, 0) is 6.54 Å². The van der Waals surface area contributed by atoms with Gasteiger partial charge in [0.25, 0.3) is 0 Å². The van der Waals surface area contributed by atoms with Gasteiger partial charge in [-0.1, -0.05) is 54.5 Å². The SMILES string of the molecule is CC(c1ccc(-c2ccccc2)c(F)c1)c1cc(CNC2=NCNCN2)on1. The number of rotatable bonds is 5. The zero-order valence-corrected chi connectivity index (χ0v) is 15.6. The average Bonchev–Trinajstić information content (AvgIpc) is 3.22. The van der Waals surface area contributed by atoms with Crippen LogP contribution in [0.3, 0.4) is 0 Å². The third-order valence-corrected chi connectivity index (χ3v) is 4.76. The molecule has 0 amide bonds. The maximum atomic E-state index is 14.7. The molecule has 0 fully saturated rings. The number of aliphatic imine (C=N–C) groups is 1. The van der Waals surface area contributed by atoms with Crippen molar-refractivity contribution in [3.63, 3.8) is 0 Å². The molecule has 4 rings (SSSR count). The number of nitrogens with zero attached hydrogens (tertiary/aromatic N) is 2. The predicted octanol–water partition coefficient (Wildman–Crippen LogP) is 3.19. The van der Waals surface area contributed by atoms with E-state index in [1.54, 1.807) is 6.07 Å². The molecule has 1 aromatic heterocycles. The van der Waals surface area contributed by atoms with Crippen LogP contribution in [-0.4, -0.2) is 24.5 Å². The molecular formula is C21H22FN5O. The van der Waals surface area contributed by atoms with Gasteiger partial charge in [-0.3, -0.25) is 5.32 Å². The summed E-state index contributed by atoms with van der Waals surface area (Å²) in [6.07, 6.45) is 0. The quantitative estimate of drug-likeness (QED) is 0.635. The van der Waals surface area contributed by atoms with E-state index in [9.17, 15) is 4.39 Å². The molecule has 1 unspecified atom stereocenters. The fourth-order valence-electron chi connectivity index (χ4n) is 3.12. The third-order valence-electron chi connectivity index (χ3n) is 4.76. The monoisotopic (exact) mass is 379 g/mol. The first-order valence-electron chi connectivity index (χ1n) is 9.24. The van der Waals surface area contributed by atoms with Gasteiger partial charge in [0.2, 0.25) is 0 Å². The predicted molar refractivity (Wildman–Crippen MR) is 106 cm³/mol. The van der Waals surface area contributed by atoms with Crippen LogP contribution in [0.5, 0.6) is 0 Å². The van der Waals surface area contributed by atoms with E-state index in [-0.39, 0.29) is 11.7 Å². The number of guanidine groups is 1. The minimum atomic E-state index is -0.240. The second-order valence-corrected chi connectivity index (χ2v) is 6.67. The molecule has 0 saturated carbocycles. The van der Waals surface area contributed by atoms with Crippen LogP contribution in [0.4, 0.5) is 4.39 Å². The van der Waals surface area contributed by atoms with E-state index in [2.05, 4.69) is 26.1 Å². The molecule has 1 atom stereocenters. The van der Waals surface area contributed by atoms with Gasteiger partial charge in [-0.15, -0.1) is 0 Å². The van der Waals surface area contributed by atoms with E-state index in [1.165, 1.54) is 0 Å². The highest BCUT2D eigenvalue weighted by atomic mass is 19.1. The molecule has 6 nitrogen and oxygen atoms in total. The zero-order valence-electron chi connectivity index (χ0n) is 15.6. The normalized spacial score (nSPS) is 14.9. The minimum Gasteiger partial charge on any atom is -0.359 e. The van der Waals surface area contributed by atoms with Gasteiger partial charge in [0.15, 0.2) is 11.7 Å². The van der Waals surface area contributed by atoms with Gasteiger partial charge in [0, 0.05) is 17.5 Å². The largest absolute Gasteiger partial charge is 0.359 e. The van der Waals surface area contributed by atoms with E-state index >= 15 is 0 Å². The summed E-state index contributed by atoms with van der Waals surface area (Å²) in [5.74, 6) is 1.11. The van der Waals surface area contributed by atoms with Crippen LogP contribution < -0.4 is 16.0 Å². The van der Waals surface area contributed by atoms with E-state index in [4.69, 9.17) is 4.52 Å². The van der Waals surface area contributed by atoms with E-state index in [0.29, 0.717) is 31.2 Å². The molecule has 144 valence electrons. The molecule has 0 radical (unpaired) electrons. The van der Waals surface area contributed by atoms with Crippen molar-refractivity contribution in [3.05, 3.63) is 77.4 Å². The Morgan fingerprint density at radius 1 is 1.18 bits per heavy atom. The molecule has 0 saturated heterocycles. The molecule has 3 N–H and O–H groups in total. The summed E-state index contributed by atoms with van der Waals surface area (Å²) in [6, 6.07) is 16.8. The Hall–Kier alpha value is -3.19. The fraction of sp³-hybridized carbons (Fsp3) is 0.238. The van der Waals surface area contributed by atoms with Gasteiger partial charge in [-0.25, -0.2) is 9.38 Å². The highest BCUT2D eigenvalue weighted by Crippen LogP contribution is 2.29. The Balaban J connectivity index is 1.46. The zero-order chi connectivity index (χ0) is 19.3. The van der Waals surface area contributed by atoms with Gasteiger partial charge in [-0.05, 0) is 17.2 Å². The van der Waals surface area contributed by atoms with Crippen molar-refractivity contribution in [1.82, 2.24) is 21.1 Å². The molecule has 1 aliphatic rings. The van der Waals surface area contributed by atoms with Crippen LogP contribution in [0.15, 0.2) is 64.1 Å². The highest BCUT2D eigenvalue weighted by Gasteiger charge is 2.16. The smallest absolute Gasteiger partial charge is 0.193 e. The molecule has 3 aromatic rings. The van der Waals surface area contributed by atoms with Gasteiger partial charge in [0.1, 0.15) is 5.82 Å². The summed E-state index contributed by atoms with van der Waals surface area (Å²) in [7, 11) is 0. The van der Waals surface area contributed by atoms with Crippen LogP contribution in [0.1, 0.15) is 29.9 Å². The molecule has 0 bridgehead atoms. The lowest BCUT2D eigenvalue weighted by atomic mass is 9.94. The highest BCUT2D eigenvalue weighted by molar-refractivity contribution is 5.80. The van der Waals surface area contributed by atoms with Crippen molar-refractivity contribution in [2.75, 3.05) is 13.3 Å². The number of hydrogen-bond acceptors (Lipinski definition) is 6. The lowest BCUT2D eigenvalue weighted by molar-refractivity contribution is 0.372. The van der Waals surface area contributed by atoms with Gasteiger partial charge >= 0.3 is 0 Å². The van der Waals surface area contributed by atoms with Crippen molar-refractivity contribution in [2.45, 2.75) is 19.4 Å². The first-order chi connectivity index (χ1) is 13.7. The van der Waals surface area contributed by atoms with Gasteiger partial charge in [0.05, 0.1) is 25.6 Å². The molecule has 0 aliphatic carbocycles. The van der Waals surface area contributed by atoms with Crippen LogP contribution in [0.2, 0.25) is 0 Å². The molecule has 2 heterocycles. The second kappa shape index (κ2) is 8.22. The Bertz CT molecular complexity index is 970. The first kappa shape index (κ1) is 18.2. The summed E-state index contributed by atoms with van der Waals surface area (Å²) in [5, 5.41) is 13.5. The van der Waals surface area contributed by atoms with E-state index in [0.717, 1.165) is 22.8 Å². The van der Waals surface area contributed by atoms with Crippen LogP contribution in [0.25, 0.3) is 11.1 Å². The Kier molecular flexibility index (Phi) is 5.34. The number of nitrogens with one attached hydrogen (secondary N) is 3. The number of hydrogen-bond donors (Lipinski definition) is 3. The van der Waals surface area contributed by atoms with Crippen molar-refractivity contribution in [1.29, 1.82) is 0 Å². The first-order valence-corrected chi connectivity index (χ1v) is 9.24. The Morgan fingerprint density at radius 3 is 2.79 bits per heavy atom. The van der Waals surface area contributed by atoms with Gasteiger partial charge < -0.3 is 15.2 Å². The van der Waals surface area contributed by atoms with Gasteiger partial charge in [-0.2, -0.15) is 0 Å². The van der Waals surface area contributed by atoms with Crippen molar-refractivity contribution in [2.24, 2.45) is 4.99 Å². The standard InChI is InChI=1S/C21H22FN5O/c1-14(16-7-8-18(19(22)9-16)15-5-3-2-4-6-15)20-10-17(28-27-20)11-24-21-25-12-23-13-26-21/h2-10,14,23H,11-13H2,1H3,(H2,24,25,26). The fourth-order valence-corrected chi connectivity index (χ4v) is 3.12. The van der Waals surface area contributed by atoms with E-state index < -0.39 is 0 Å². The molecular weight excluding hydrogens is 357 g/mol. The Labute approximate surface area is 162 Å². The maximum absolute atomic E-state index is 14.7.